The summed E-state index contributed by atoms with van der Waals surface area (Å²) < 4.78 is 37.8. The van der Waals surface area contributed by atoms with Crippen LogP contribution in [0.15, 0.2) is 42.6 Å². The predicted molar refractivity (Wildman–Crippen MR) is 63.2 cm³/mol. The minimum absolute atomic E-state index is 0.202. The lowest BCUT2D eigenvalue weighted by atomic mass is 10.0. The van der Waals surface area contributed by atoms with Gasteiger partial charge in [-0.15, -0.1) is 0 Å². The van der Waals surface area contributed by atoms with E-state index in [4.69, 9.17) is 5.26 Å². The molecule has 0 aliphatic heterocycles. The maximum atomic E-state index is 12.6. The Morgan fingerprint density at radius 1 is 1.16 bits per heavy atom. The molecule has 0 aliphatic rings. The van der Waals surface area contributed by atoms with Crippen LogP contribution in [0.4, 0.5) is 13.2 Å². The first kappa shape index (κ1) is 13.1. The van der Waals surface area contributed by atoms with E-state index in [-0.39, 0.29) is 6.42 Å². The summed E-state index contributed by atoms with van der Waals surface area (Å²) in [6.07, 6.45) is -2.64. The molecule has 2 rings (SSSR count). The lowest BCUT2D eigenvalue weighted by Gasteiger charge is -2.09. The first-order valence-electron chi connectivity index (χ1n) is 5.51. The van der Waals surface area contributed by atoms with Crippen LogP contribution in [0.5, 0.6) is 0 Å². The Morgan fingerprint density at radius 2 is 1.95 bits per heavy atom. The fourth-order valence-corrected chi connectivity index (χ4v) is 1.73. The van der Waals surface area contributed by atoms with Gasteiger partial charge in [0.2, 0.25) is 0 Å². The van der Waals surface area contributed by atoms with E-state index in [1.54, 1.807) is 18.2 Å². The molecule has 2 aromatic rings. The van der Waals surface area contributed by atoms with Gasteiger partial charge in [-0.2, -0.15) is 18.4 Å². The Kier molecular flexibility index (Phi) is 3.52. The molecule has 0 bridgehead atoms. The largest absolute Gasteiger partial charge is 0.416 e. The number of hydrogen-bond acceptors (Lipinski definition) is 2. The number of benzene rings is 1. The summed E-state index contributed by atoms with van der Waals surface area (Å²) in [5, 5.41) is 8.91. The molecule has 0 unspecified atom stereocenters. The van der Waals surface area contributed by atoms with Crippen molar-refractivity contribution in [3.8, 4) is 6.07 Å². The molecule has 1 heterocycles. The van der Waals surface area contributed by atoms with Gasteiger partial charge in [-0.1, -0.05) is 18.2 Å². The molecule has 0 saturated heterocycles. The van der Waals surface area contributed by atoms with Crippen molar-refractivity contribution in [1.29, 1.82) is 5.26 Å². The van der Waals surface area contributed by atoms with E-state index in [0.29, 0.717) is 16.8 Å². The van der Waals surface area contributed by atoms with Crippen LogP contribution in [0.3, 0.4) is 0 Å². The van der Waals surface area contributed by atoms with E-state index >= 15 is 0 Å². The molecule has 0 atom stereocenters. The molecule has 0 fully saturated rings. The first-order valence-corrected chi connectivity index (χ1v) is 5.51. The van der Waals surface area contributed by atoms with Gasteiger partial charge in [0.25, 0.3) is 0 Å². The SMILES string of the molecule is N#Cc1cccnc1Cc1cccc(C(F)(F)F)c1. The van der Waals surface area contributed by atoms with Crippen molar-refractivity contribution in [2.45, 2.75) is 12.6 Å². The van der Waals surface area contributed by atoms with E-state index in [9.17, 15) is 13.2 Å². The molecule has 96 valence electrons. The summed E-state index contributed by atoms with van der Waals surface area (Å²) in [6.45, 7) is 0. The highest BCUT2D eigenvalue weighted by atomic mass is 19.4. The Hall–Kier alpha value is -2.35. The van der Waals surface area contributed by atoms with Crippen LogP contribution in [0.25, 0.3) is 0 Å². The van der Waals surface area contributed by atoms with Gasteiger partial charge < -0.3 is 0 Å². The number of alkyl halides is 3. The second kappa shape index (κ2) is 5.11. The number of nitrogens with zero attached hydrogens (tertiary/aromatic N) is 2. The van der Waals surface area contributed by atoms with E-state index < -0.39 is 11.7 Å². The highest BCUT2D eigenvalue weighted by molar-refractivity contribution is 5.37. The summed E-state index contributed by atoms with van der Waals surface area (Å²) in [6, 6.07) is 10.2. The first-order chi connectivity index (χ1) is 9.00. The number of hydrogen-bond donors (Lipinski definition) is 0. The quantitative estimate of drug-likeness (QED) is 0.829. The maximum absolute atomic E-state index is 12.6. The lowest BCUT2D eigenvalue weighted by molar-refractivity contribution is -0.137. The van der Waals surface area contributed by atoms with Crippen molar-refractivity contribution >= 4 is 0 Å². The van der Waals surface area contributed by atoms with Crippen molar-refractivity contribution in [2.24, 2.45) is 0 Å². The molecule has 0 N–H and O–H groups in total. The van der Waals surface area contributed by atoms with Gasteiger partial charge in [0.1, 0.15) is 6.07 Å². The van der Waals surface area contributed by atoms with Crippen LogP contribution >= 0.6 is 0 Å². The minimum atomic E-state index is -4.36. The van der Waals surface area contributed by atoms with E-state index in [1.807, 2.05) is 6.07 Å². The number of nitriles is 1. The molecule has 0 amide bonds. The van der Waals surface area contributed by atoms with Gasteiger partial charge >= 0.3 is 6.18 Å². The van der Waals surface area contributed by atoms with Crippen LogP contribution in [0.2, 0.25) is 0 Å². The molecule has 0 aliphatic carbocycles. The number of rotatable bonds is 2. The molecular formula is C14H9F3N2. The van der Waals surface area contributed by atoms with E-state index in [0.717, 1.165) is 12.1 Å². The van der Waals surface area contributed by atoms with Crippen LogP contribution < -0.4 is 0 Å². The topological polar surface area (TPSA) is 36.7 Å². The third-order valence-corrected chi connectivity index (χ3v) is 2.64. The number of halogens is 3. The fourth-order valence-electron chi connectivity index (χ4n) is 1.73. The average molecular weight is 262 g/mol. The highest BCUT2D eigenvalue weighted by Crippen LogP contribution is 2.30. The standard InChI is InChI=1S/C14H9F3N2/c15-14(16,17)12-5-1-3-10(7-12)8-13-11(9-18)4-2-6-19-13/h1-7H,8H2. The van der Waals surface area contributed by atoms with Crippen LogP contribution in [0.1, 0.15) is 22.4 Å². The lowest BCUT2D eigenvalue weighted by Crippen LogP contribution is -2.05. The normalized spacial score (nSPS) is 11.1. The van der Waals surface area contributed by atoms with Gasteiger partial charge in [0.15, 0.2) is 0 Å². The van der Waals surface area contributed by atoms with E-state index in [1.165, 1.54) is 12.3 Å². The summed E-state index contributed by atoms with van der Waals surface area (Å²) in [5.74, 6) is 0. The summed E-state index contributed by atoms with van der Waals surface area (Å²) in [4.78, 5) is 4.03. The maximum Gasteiger partial charge on any atom is 0.416 e. The van der Waals surface area contributed by atoms with Crippen molar-refractivity contribution in [1.82, 2.24) is 4.98 Å². The van der Waals surface area contributed by atoms with Crippen molar-refractivity contribution in [3.05, 3.63) is 65.0 Å². The molecular weight excluding hydrogens is 253 g/mol. The summed E-state index contributed by atoms with van der Waals surface area (Å²) in [7, 11) is 0. The average Bonchev–Trinajstić information content (AvgIpc) is 2.39. The fraction of sp³-hybridized carbons (Fsp3) is 0.143. The molecule has 19 heavy (non-hydrogen) atoms. The monoisotopic (exact) mass is 262 g/mol. The van der Waals surface area contributed by atoms with Gasteiger partial charge in [-0.3, -0.25) is 4.98 Å². The zero-order valence-electron chi connectivity index (χ0n) is 9.78. The zero-order chi connectivity index (χ0) is 13.9. The summed E-state index contributed by atoms with van der Waals surface area (Å²) >= 11 is 0. The van der Waals surface area contributed by atoms with Crippen LogP contribution in [-0.4, -0.2) is 4.98 Å². The zero-order valence-corrected chi connectivity index (χ0v) is 9.78. The van der Waals surface area contributed by atoms with Crippen LogP contribution in [-0.2, 0) is 12.6 Å². The third-order valence-electron chi connectivity index (χ3n) is 2.64. The predicted octanol–water partition coefficient (Wildman–Crippen LogP) is 3.56. The van der Waals surface area contributed by atoms with Gasteiger partial charge in [0.05, 0.1) is 16.8 Å². The highest BCUT2D eigenvalue weighted by Gasteiger charge is 2.30. The number of pyridine rings is 1. The minimum Gasteiger partial charge on any atom is -0.260 e. The van der Waals surface area contributed by atoms with Crippen molar-refractivity contribution < 1.29 is 13.2 Å². The van der Waals surface area contributed by atoms with Gasteiger partial charge in [-0.25, -0.2) is 0 Å². The number of aromatic nitrogens is 1. The molecule has 1 aromatic heterocycles. The van der Waals surface area contributed by atoms with Crippen molar-refractivity contribution in [3.63, 3.8) is 0 Å². The Morgan fingerprint density at radius 3 is 2.63 bits per heavy atom. The third kappa shape index (κ3) is 3.10. The molecule has 0 spiro atoms. The molecule has 1 aromatic carbocycles. The second-order valence-corrected chi connectivity index (χ2v) is 3.98. The molecule has 0 radical (unpaired) electrons. The van der Waals surface area contributed by atoms with Crippen molar-refractivity contribution in [2.75, 3.05) is 0 Å². The Labute approximate surface area is 108 Å². The van der Waals surface area contributed by atoms with E-state index in [2.05, 4.69) is 4.98 Å². The Bertz CT molecular complexity index is 627. The smallest absolute Gasteiger partial charge is 0.260 e. The molecule has 2 nitrogen and oxygen atoms in total. The molecule has 5 heteroatoms. The second-order valence-electron chi connectivity index (χ2n) is 3.98. The summed E-state index contributed by atoms with van der Waals surface area (Å²) in [5.41, 5.74) is 0.633. The molecule has 0 saturated carbocycles. The van der Waals surface area contributed by atoms with Gasteiger partial charge in [0, 0.05) is 12.6 Å². The van der Waals surface area contributed by atoms with Gasteiger partial charge in [-0.05, 0) is 23.8 Å². The Balaban J connectivity index is 2.32. The van der Waals surface area contributed by atoms with Crippen LogP contribution in [0, 0.1) is 11.3 Å².